The van der Waals surface area contributed by atoms with Crippen LogP contribution < -0.4 is 0 Å². The second kappa shape index (κ2) is 8.26. The van der Waals surface area contributed by atoms with Gasteiger partial charge >= 0.3 is 0 Å². The summed E-state index contributed by atoms with van der Waals surface area (Å²) in [5.74, 6) is 0.275. The van der Waals surface area contributed by atoms with E-state index in [4.69, 9.17) is 4.43 Å². The quantitative estimate of drug-likeness (QED) is 0.627. The van der Waals surface area contributed by atoms with Gasteiger partial charge in [-0.25, -0.2) is 0 Å². The van der Waals surface area contributed by atoms with Crippen LogP contribution in [0, 0.1) is 5.92 Å². The van der Waals surface area contributed by atoms with E-state index < -0.39 is 8.32 Å². The fraction of sp³-hybridized carbons (Fsp3) is 1.00. The Labute approximate surface area is 103 Å². The van der Waals surface area contributed by atoms with Crippen LogP contribution in [0.1, 0.15) is 47.5 Å². The zero-order chi connectivity index (χ0) is 12.6. The third-order valence-corrected chi connectivity index (χ3v) is 8.50. The summed E-state index contributed by atoms with van der Waals surface area (Å²) in [5.41, 5.74) is 0. The molecule has 0 unspecified atom stereocenters. The van der Waals surface area contributed by atoms with Gasteiger partial charge < -0.3 is 9.53 Å². The van der Waals surface area contributed by atoms with E-state index in [1.807, 2.05) is 0 Å². The van der Waals surface area contributed by atoms with E-state index >= 15 is 0 Å². The molecule has 0 aliphatic rings. The lowest BCUT2D eigenvalue weighted by Crippen LogP contribution is -2.42. The molecule has 0 aliphatic heterocycles. The van der Waals surface area contributed by atoms with Gasteiger partial charge in [-0.05, 0) is 24.6 Å². The summed E-state index contributed by atoms with van der Waals surface area (Å²) in [4.78, 5) is 0. The Hall–Kier alpha value is 0.137. The molecule has 0 amide bonds. The molecule has 0 aromatic heterocycles. The lowest BCUT2D eigenvalue weighted by atomic mass is 10.0. The van der Waals surface area contributed by atoms with Crippen molar-refractivity contribution in [2.45, 2.75) is 71.7 Å². The first-order valence-electron chi connectivity index (χ1n) is 6.87. The molecule has 0 saturated heterocycles. The molecule has 0 radical (unpaired) electrons. The van der Waals surface area contributed by atoms with E-state index in [1.165, 1.54) is 18.1 Å². The molecular formula is C13H30O2Si. The smallest absolute Gasteiger partial charge is 0.192 e. The van der Waals surface area contributed by atoms with Crippen LogP contribution in [-0.4, -0.2) is 26.1 Å². The molecule has 98 valence electrons. The molecule has 0 aromatic rings. The van der Waals surface area contributed by atoms with Gasteiger partial charge in [-0.1, -0.05) is 41.0 Å². The standard InChI is InChI=1S/C13H30O2Si/c1-6-10-13(12(5)11-14)15-16(7-2,8-3)9-4/h12-14H,6-11H2,1-5H3/t12-,13+/m0/s1. The van der Waals surface area contributed by atoms with Crippen molar-refractivity contribution in [1.29, 1.82) is 0 Å². The first kappa shape index (κ1) is 16.1. The maximum Gasteiger partial charge on any atom is 0.192 e. The summed E-state index contributed by atoms with van der Waals surface area (Å²) >= 11 is 0. The Morgan fingerprint density at radius 1 is 1.06 bits per heavy atom. The minimum Gasteiger partial charge on any atom is -0.414 e. The van der Waals surface area contributed by atoms with Crippen molar-refractivity contribution < 1.29 is 9.53 Å². The highest BCUT2D eigenvalue weighted by molar-refractivity contribution is 6.73. The van der Waals surface area contributed by atoms with Gasteiger partial charge in [-0.3, -0.25) is 0 Å². The zero-order valence-electron chi connectivity index (χ0n) is 11.8. The second-order valence-corrected chi connectivity index (χ2v) is 9.57. The van der Waals surface area contributed by atoms with Gasteiger partial charge in [0.05, 0.1) is 0 Å². The summed E-state index contributed by atoms with van der Waals surface area (Å²) in [5, 5.41) is 9.28. The summed E-state index contributed by atoms with van der Waals surface area (Å²) in [7, 11) is -1.51. The van der Waals surface area contributed by atoms with Gasteiger partial charge in [0.15, 0.2) is 8.32 Å². The lowest BCUT2D eigenvalue weighted by Gasteiger charge is -2.35. The van der Waals surface area contributed by atoms with E-state index in [-0.39, 0.29) is 18.6 Å². The normalized spacial score (nSPS) is 16.1. The van der Waals surface area contributed by atoms with Gasteiger partial charge in [-0.2, -0.15) is 0 Å². The van der Waals surface area contributed by atoms with Crippen molar-refractivity contribution >= 4 is 8.32 Å². The molecular weight excluding hydrogens is 216 g/mol. The largest absolute Gasteiger partial charge is 0.414 e. The van der Waals surface area contributed by atoms with Gasteiger partial charge in [0.1, 0.15) is 0 Å². The van der Waals surface area contributed by atoms with Crippen molar-refractivity contribution in [2.75, 3.05) is 6.61 Å². The molecule has 2 atom stereocenters. The van der Waals surface area contributed by atoms with E-state index in [2.05, 4.69) is 34.6 Å². The minimum atomic E-state index is -1.51. The highest BCUT2D eigenvalue weighted by Gasteiger charge is 2.33. The van der Waals surface area contributed by atoms with E-state index in [1.54, 1.807) is 0 Å². The molecule has 3 heteroatoms. The Balaban J connectivity index is 4.56. The van der Waals surface area contributed by atoms with Crippen molar-refractivity contribution in [2.24, 2.45) is 5.92 Å². The maximum absolute atomic E-state index is 9.28. The van der Waals surface area contributed by atoms with Gasteiger partial charge in [0.25, 0.3) is 0 Å². The summed E-state index contributed by atoms with van der Waals surface area (Å²) < 4.78 is 6.46. The molecule has 0 aliphatic carbocycles. The van der Waals surface area contributed by atoms with Crippen LogP contribution in [0.2, 0.25) is 18.1 Å². The molecule has 16 heavy (non-hydrogen) atoms. The molecule has 0 rings (SSSR count). The third-order valence-electron chi connectivity index (χ3n) is 3.83. The molecule has 2 nitrogen and oxygen atoms in total. The third kappa shape index (κ3) is 4.56. The maximum atomic E-state index is 9.28. The molecule has 0 spiro atoms. The fourth-order valence-electron chi connectivity index (χ4n) is 2.18. The van der Waals surface area contributed by atoms with E-state index in [0.29, 0.717) is 0 Å². The zero-order valence-corrected chi connectivity index (χ0v) is 12.8. The highest BCUT2D eigenvalue weighted by atomic mass is 28.4. The second-order valence-electron chi connectivity index (χ2n) is 4.85. The van der Waals surface area contributed by atoms with E-state index in [9.17, 15) is 5.11 Å². The molecule has 0 bridgehead atoms. The Bertz CT molecular complexity index is 161. The first-order chi connectivity index (χ1) is 7.59. The predicted molar refractivity (Wildman–Crippen MR) is 73.2 cm³/mol. The molecule has 1 N–H and O–H groups in total. The monoisotopic (exact) mass is 246 g/mol. The lowest BCUT2D eigenvalue weighted by molar-refractivity contribution is 0.0804. The van der Waals surface area contributed by atoms with Crippen LogP contribution in [0.25, 0.3) is 0 Å². The SMILES string of the molecule is CCC[C@@H](O[Si](CC)(CC)CC)[C@@H](C)CO. The number of hydrogen-bond acceptors (Lipinski definition) is 2. The summed E-state index contributed by atoms with van der Waals surface area (Å²) in [6.07, 6.45) is 2.48. The van der Waals surface area contributed by atoms with Crippen molar-refractivity contribution in [3.63, 3.8) is 0 Å². The topological polar surface area (TPSA) is 29.5 Å². The van der Waals surface area contributed by atoms with Crippen LogP contribution in [0.3, 0.4) is 0 Å². The number of aliphatic hydroxyl groups excluding tert-OH is 1. The van der Waals surface area contributed by atoms with Crippen molar-refractivity contribution in [1.82, 2.24) is 0 Å². The van der Waals surface area contributed by atoms with Crippen LogP contribution in [-0.2, 0) is 4.43 Å². The van der Waals surface area contributed by atoms with Gasteiger partial charge in [0.2, 0.25) is 0 Å². The summed E-state index contributed by atoms with van der Waals surface area (Å²) in [6, 6.07) is 3.58. The average molecular weight is 246 g/mol. The average Bonchev–Trinajstić information content (AvgIpc) is 2.34. The van der Waals surface area contributed by atoms with Crippen molar-refractivity contribution in [3.8, 4) is 0 Å². The molecule has 0 fully saturated rings. The molecule has 0 saturated carbocycles. The summed E-state index contributed by atoms with van der Waals surface area (Å²) in [6.45, 7) is 11.3. The van der Waals surface area contributed by atoms with Gasteiger partial charge in [-0.15, -0.1) is 0 Å². The van der Waals surface area contributed by atoms with Crippen LogP contribution in [0.5, 0.6) is 0 Å². The minimum absolute atomic E-state index is 0.242. The highest BCUT2D eigenvalue weighted by Crippen LogP contribution is 2.27. The Morgan fingerprint density at radius 3 is 1.88 bits per heavy atom. The predicted octanol–water partition coefficient (Wildman–Crippen LogP) is 3.81. The van der Waals surface area contributed by atoms with Crippen LogP contribution >= 0.6 is 0 Å². The van der Waals surface area contributed by atoms with Crippen LogP contribution in [0.4, 0.5) is 0 Å². The molecule has 0 aromatic carbocycles. The first-order valence-corrected chi connectivity index (χ1v) is 9.40. The fourth-order valence-corrected chi connectivity index (χ4v) is 5.18. The van der Waals surface area contributed by atoms with Crippen molar-refractivity contribution in [3.05, 3.63) is 0 Å². The molecule has 0 heterocycles. The number of hydrogen-bond donors (Lipinski definition) is 1. The van der Waals surface area contributed by atoms with Gasteiger partial charge in [0, 0.05) is 18.6 Å². The Kier molecular flexibility index (Phi) is 8.33. The van der Waals surface area contributed by atoms with Crippen LogP contribution in [0.15, 0.2) is 0 Å². The Morgan fingerprint density at radius 2 is 1.56 bits per heavy atom. The number of aliphatic hydroxyl groups is 1. The number of rotatable bonds is 9. The van der Waals surface area contributed by atoms with E-state index in [0.717, 1.165) is 12.8 Å².